The van der Waals surface area contributed by atoms with Crippen LogP contribution in [0.4, 0.5) is 0 Å². The predicted octanol–water partition coefficient (Wildman–Crippen LogP) is 5.05. The molecule has 1 aromatic heterocycles. The van der Waals surface area contributed by atoms with Gasteiger partial charge in [0.15, 0.2) is 0 Å². The highest BCUT2D eigenvalue weighted by atomic mass is 32.2. The molecule has 6 nitrogen and oxygen atoms in total. The summed E-state index contributed by atoms with van der Waals surface area (Å²) >= 11 is 1.70. The van der Waals surface area contributed by atoms with Gasteiger partial charge in [-0.1, -0.05) is 72.8 Å². The summed E-state index contributed by atoms with van der Waals surface area (Å²) in [5.41, 5.74) is 3.22. The molecule has 7 heteroatoms. The van der Waals surface area contributed by atoms with Crippen molar-refractivity contribution in [3.63, 3.8) is 0 Å². The number of amides is 2. The number of carbonyl (C=O) groups excluding carboxylic acids is 2. The second kappa shape index (κ2) is 10.6. The lowest BCUT2D eigenvalue weighted by atomic mass is 9.94. The fourth-order valence-electron chi connectivity index (χ4n) is 4.74. The summed E-state index contributed by atoms with van der Waals surface area (Å²) in [6.07, 6.45) is 2.70. The molecule has 1 N–H and O–H groups in total. The maximum absolute atomic E-state index is 13.9. The molecular weight excluding hydrogens is 480 g/mol. The lowest BCUT2D eigenvalue weighted by molar-refractivity contribution is -0.133. The zero-order valence-corrected chi connectivity index (χ0v) is 21.9. The van der Waals surface area contributed by atoms with E-state index in [0.717, 1.165) is 22.4 Å². The monoisotopic (exact) mass is 510 g/mol. The number of carbonyl (C=O) groups is 2. The van der Waals surface area contributed by atoms with Crippen LogP contribution in [0.2, 0.25) is 0 Å². The Morgan fingerprint density at radius 3 is 2.32 bits per heavy atom. The lowest BCUT2D eigenvalue weighted by Crippen LogP contribution is -2.64. The molecule has 0 saturated carbocycles. The maximum atomic E-state index is 13.9. The van der Waals surface area contributed by atoms with Crippen LogP contribution < -0.4 is 5.32 Å². The van der Waals surface area contributed by atoms with E-state index in [2.05, 4.69) is 29.6 Å². The molecule has 0 fully saturated rings. The largest absolute Gasteiger partial charge is 0.350 e. The van der Waals surface area contributed by atoms with Gasteiger partial charge in [0.05, 0.1) is 12.2 Å². The van der Waals surface area contributed by atoms with Gasteiger partial charge >= 0.3 is 0 Å². The van der Waals surface area contributed by atoms with Crippen LogP contribution in [0.5, 0.6) is 0 Å². The molecule has 3 aromatic carbocycles. The van der Waals surface area contributed by atoms with Crippen molar-refractivity contribution in [2.45, 2.75) is 36.9 Å². The standard InChI is InChI=1S/C30H30N4O2S/c1-30(29(36)31-20-23-9-5-3-6-10-23)21-34-27(19-26(32-34)24-11-7-4-8-12-24)28(35)33(30)18-17-22-13-15-25(37-2)16-14-22/h3-16,19H,17-18,20-21H2,1-2H3,(H,31,36). The van der Waals surface area contributed by atoms with Crippen molar-refractivity contribution in [1.82, 2.24) is 20.0 Å². The van der Waals surface area contributed by atoms with E-state index in [0.29, 0.717) is 25.2 Å². The van der Waals surface area contributed by atoms with E-state index in [-0.39, 0.29) is 18.4 Å². The fourth-order valence-corrected chi connectivity index (χ4v) is 5.15. The highest BCUT2D eigenvalue weighted by molar-refractivity contribution is 7.98. The summed E-state index contributed by atoms with van der Waals surface area (Å²) in [5.74, 6) is -0.371. The topological polar surface area (TPSA) is 67.2 Å². The van der Waals surface area contributed by atoms with Gasteiger partial charge in [0.1, 0.15) is 11.2 Å². The van der Waals surface area contributed by atoms with Gasteiger partial charge in [0.25, 0.3) is 5.91 Å². The Morgan fingerprint density at radius 2 is 1.65 bits per heavy atom. The van der Waals surface area contributed by atoms with Crippen molar-refractivity contribution in [2.75, 3.05) is 12.8 Å². The zero-order chi connectivity index (χ0) is 25.8. The molecule has 0 saturated heterocycles. The number of hydrogen-bond donors (Lipinski definition) is 1. The Labute approximate surface area is 221 Å². The summed E-state index contributed by atoms with van der Waals surface area (Å²) in [4.78, 5) is 30.5. The van der Waals surface area contributed by atoms with E-state index in [1.165, 1.54) is 4.90 Å². The summed E-state index contributed by atoms with van der Waals surface area (Å²) in [6, 6.07) is 29.8. The highest BCUT2D eigenvalue weighted by Crippen LogP contribution is 2.30. The average Bonchev–Trinajstić information content (AvgIpc) is 3.37. The molecule has 37 heavy (non-hydrogen) atoms. The van der Waals surface area contributed by atoms with E-state index in [1.807, 2.05) is 79.9 Å². The van der Waals surface area contributed by atoms with Crippen LogP contribution in [0, 0.1) is 0 Å². The predicted molar refractivity (Wildman–Crippen MR) is 147 cm³/mol. The van der Waals surface area contributed by atoms with E-state index in [9.17, 15) is 9.59 Å². The van der Waals surface area contributed by atoms with Crippen molar-refractivity contribution in [3.05, 3.63) is 108 Å². The molecule has 0 aliphatic carbocycles. The molecule has 2 heterocycles. The van der Waals surface area contributed by atoms with Crippen molar-refractivity contribution < 1.29 is 9.59 Å². The summed E-state index contributed by atoms with van der Waals surface area (Å²) in [5, 5.41) is 7.79. The molecular formula is C30H30N4O2S. The van der Waals surface area contributed by atoms with Crippen LogP contribution >= 0.6 is 11.8 Å². The van der Waals surface area contributed by atoms with Crippen LogP contribution in [-0.4, -0.2) is 44.8 Å². The van der Waals surface area contributed by atoms with Crippen LogP contribution in [0.1, 0.15) is 28.5 Å². The smallest absolute Gasteiger partial charge is 0.273 e. The Kier molecular flexibility index (Phi) is 7.15. The third-order valence-corrected chi connectivity index (χ3v) is 7.68. The van der Waals surface area contributed by atoms with Gasteiger partial charge < -0.3 is 10.2 Å². The molecule has 2 amide bonds. The first-order valence-corrected chi connectivity index (χ1v) is 13.6. The van der Waals surface area contributed by atoms with Crippen LogP contribution in [0.3, 0.4) is 0 Å². The SMILES string of the molecule is CSc1ccc(CCN2C(=O)c3cc(-c4ccccc4)nn3CC2(C)C(=O)NCc2ccccc2)cc1. The van der Waals surface area contributed by atoms with Crippen LogP contribution in [-0.2, 0) is 24.3 Å². The normalized spacial score (nSPS) is 16.9. The molecule has 1 unspecified atom stereocenters. The van der Waals surface area contributed by atoms with Gasteiger partial charge in [-0.3, -0.25) is 14.3 Å². The Bertz CT molecular complexity index is 1390. The summed E-state index contributed by atoms with van der Waals surface area (Å²) in [6.45, 7) is 2.95. The van der Waals surface area contributed by atoms with Gasteiger partial charge in [-0.2, -0.15) is 5.10 Å². The molecule has 0 bridgehead atoms. The second-order valence-electron chi connectivity index (χ2n) is 9.44. The summed E-state index contributed by atoms with van der Waals surface area (Å²) in [7, 11) is 0. The lowest BCUT2D eigenvalue weighted by Gasteiger charge is -2.43. The fraction of sp³-hybridized carbons (Fsp3) is 0.233. The number of nitrogens with zero attached hydrogens (tertiary/aromatic N) is 3. The quantitative estimate of drug-likeness (QED) is 0.337. The molecule has 5 rings (SSSR count). The number of nitrogens with one attached hydrogen (secondary N) is 1. The van der Waals surface area contributed by atoms with Crippen molar-refractivity contribution >= 4 is 23.6 Å². The zero-order valence-electron chi connectivity index (χ0n) is 21.1. The van der Waals surface area contributed by atoms with Gasteiger partial charge in [-0.05, 0) is 48.9 Å². The molecule has 1 aliphatic rings. The number of aromatic nitrogens is 2. The molecule has 0 spiro atoms. The number of benzene rings is 3. The van der Waals surface area contributed by atoms with Crippen molar-refractivity contribution in [2.24, 2.45) is 0 Å². The second-order valence-corrected chi connectivity index (χ2v) is 10.3. The third-order valence-electron chi connectivity index (χ3n) is 6.94. The minimum absolute atomic E-state index is 0.181. The molecule has 1 aliphatic heterocycles. The van der Waals surface area contributed by atoms with E-state index < -0.39 is 5.54 Å². The van der Waals surface area contributed by atoms with E-state index in [1.54, 1.807) is 21.3 Å². The van der Waals surface area contributed by atoms with E-state index in [4.69, 9.17) is 5.10 Å². The Balaban J connectivity index is 1.44. The molecule has 1 atom stereocenters. The minimum atomic E-state index is -1.09. The Hall–Kier alpha value is -3.84. The van der Waals surface area contributed by atoms with Gasteiger partial charge in [0, 0.05) is 23.5 Å². The first-order valence-electron chi connectivity index (χ1n) is 12.4. The number of fused-ring (bicyclic) bond motifs is 1. The van der Waals surface area contributed by atoms with Crippen LogP contribution in [0.15, 0.2) is 95.9 Å². The maximum Gasteiger partial charge on any atom is 0.273 e. The molecule has 188 valence electrons. The third kappa shape index (κ3) is 5.18. The van der Waals surface area contributed by atoms with Gasteiger partial charge in [0.2, 0.25) is 5.91 Å². The summed E-state index contributed by atoms with van der Waals surface area (Å²) < 4.78 is 1.69. The minimum Gasteiger partial charge on any atom is -0.350 e. The van der Waals surface area contributed by atoms with Crippen molar-refractivity contribution in [3.8, 4) is 11.3 Å². The van der Waals surface area contributed by atoms with Crippen LogP contribution in [0.25, 0.3) is 11.3 Å². The van der Waals surface area contributed by atoms with E-state index >= 15 is 0 Å². The van der Waals surface area contributed by atoms with Gasteiger partial charge in [-0.15, -0.1) is 11.8 Å². The average molecular weight is 511 g/mol. The van der Waals surface area contributed by atoms with Gasteiger partial charge in [-0.25, -0.2) is 0 Å². The number of hydrogen-bond acceptors (Lipinski definition) is 4. The molecule has 4 aromatic rings. The highest BCUT2D eigenvalue weighted by Gasteiger charge is 2.47. The first-order chi connectivity index (χ1) is 18.0. The van der Waals surface area contributed by atoms with Crippen molar-refractivity contribution in [1.29, 1.82) is 0 Å². The number of thioether (sulfide) groups is 1. The Morgan fingerprint density at radius 1 is 0.973 bits per heavy atom. The molecule has 0 radical (unpaired) electrons. The first kappa shape index (κ1) is 24.8. The number of rotatable bonds is 8.